The van der Waals surface area contributed by atoms with Crippen molar-refractivity contribution >= 4 is 28.4 Å². The van der Waals surface area contributed by atoms with E-state index in [1.165, 1.54) is 17.4 Å². The van der Waals surface area contributed by atoms with Gasteiger partial charge in [0.25, 0.3) is 5.91 Å². The summed E-state index contributed by atoms with van der Waals surface area (Å²) in [6.45, 7) is 7.97. The van der Waals surface area contributed by atoms with Gasteiger partial charge in [0.2, 0.25) is 0 Å². The van der Waals surface area contributed by atoms with Crippen molar-refractivity contribution in [3.8, 4) is 22.5 Å². The van der Waals surface area contributed by atoms with Crippen LogP contribution >= 0.6 is 11.3 Å². The highest BCUT2D eigenvalue weighted by Crippen LogP contribution is 2.31. The first-order valence-electron chi connectivity index (χ1n) is 11.2. The Morgan fingerprint density at radius 3 is 2.71 bits per heavy atom. The summed E-state index contributed by atoms with van der Waals surface area (Å²) >= 11 is 1.35. The quantitative estimate of drug-likeness (QED) is 0.300. The fourth-order valence-corrected chi connectivity index (χ4v) is 4.79. The number of imidazole rings is 1. The number of carbonyl (C=O) groups is 1. The Hall–Kier alpha value is -3.92. The number of benzene rings is 1. The molecule has 0 unspecified atom stereocenters. The zero-order valence-corrected chi connectivity index (χ0v) is 20.5. The van der Waals surface area contributed by atoms with Crippen molar-refractivity contribution in [3.05, 3.63) is 69.3 Å². The summed E-state index contributed by atoms with van der Waals surface area (Å²) in [6.07, 6.45) is 3.22. The number of aromatic nitrogens is 6. The monoisotopic (exact) mass is 489 g/mol. The molecule has 1 amide bonds. The number of thiazole rings is 1. The van der Waals surface area contributed by atoms with Gasteiger partial charge in [0.05, 0.1) is 28.0 Å². The Labute approximate surface area is 205 Å². The third-order valence-corrected chi connectivity index (χ3v) is 7.10. The van der Waals surface area contributed by atoms with Crippen molar-refractivity contribution in [1.29, 1.82) is 0 Å². The molecule has 35 heavy (non-hydrogen) atoms. The Morgan fingerprint density at radius 1 is 1.20 bits per heavy atom. The first kappa shape index (κ1) is 22.9. The molecule has 4 aromatic heterocycles. The van der Waals surface area contributed by atoms with Gasteiger partial charge in [-0.25, -0.2) is 19.3 Å². The van der Waals surface area contributed by atoms with E-state index < -0.39 is 5.82 Å². The highest BCUT2D eigenvalue weighted by molar-refractivity contribution is 7.13. The number of carbonyl (C=O) groups excluding carboxylic acids is 1. The van der Waals surface area contributed by atoms with Crippen molar-refractivity contribution in [1.82, 2.24) is 35.5 Å². The molecule has 0 radical (unpaired) electrons. The van der Waals surface area contributed by atoms with Crippen LogP contribution < -0.4 is 5.32 Å². The molecule has 0 aliphatic carbocycles. The number of aromatic amines is 2. The highest BCUT2D eigenvalue weighted by atomic mass is 32.1. The van der Waals surface area contributed by atoms with Crippen molar-refractivity contribution in [2.75, 3.05) is 0 Å². The van der Waals surface area contributed by atoms with Crippen LogP contribution in [0.2, 0.25) is 0 Å². The van der Waals surface area contributed by atoms with Gasteiger partial charge in [0.15, 0.2) is 5.65 Å². The molecule has 0 aliphatic heterocycles. The number of rotatable bonds is 6. The minimum Gasteiger partial charge on any atom is -0.347 e. The van der Waals surface area contributed by atoms with Gasteiger partial charge in [0.1, 0.15) is 16.5 Å². The molecule has 0 spiro atoms. The molecule has 3 N–H and O–H groups in total. The first-order valence-corrected chi connectivity index (χ1v) is 12.0. The van der Waals surface area contributed by atoms with Crippen LogP contribution in [-0.4, -0.2) is 36.0 Å². The van der Waals surface area contributed by atoms with E-state index >= 15 is 4.39 Å². The van der Waals surface area contributed by atoms with Gasteiger partial charge in [-0.1, -0.05) is 26.0 Å². The topological polar surface area (TPSA) is 112 Å². The number of pyridine rings is 1. The van der Waals surface area contributed by atoms with Gasteiger partial charge < -0.3 is 10.3 Å². The Kier molecular flexibility index (Phi) is 5.89. The van der Waals surface area contributed by atoms with Crippen LogP contribution in [-0.2, 0) is 6.54 Å². The largest absolute Gasteiger partial charge is 0.347 e. The van der Waals surface area contributed by atoms with Crippen LogP contribution in [0.3, 0.4) is 0 Å². The van der Waals surface area contributed by atoms with E-state index in [2.05, 4.69) is 35.5 Å². The molecule has 1 aromatic carbocycles. The lowest BCUT2D eigenvalue weighted by molar-refractivity contribution is 0.0954. The molecule has 0 saturated heterocycles. The summed E-state index contributed by atoms with van der Waals surface area (Å²) in [5.41, 5.74) is 5.76. The van der Waals surface area contributed by atoms with Crippen molar-refractivity contribution in [2.24, 2.45) is 0 Å². The molecule has 4 heterocycles. The van der Waals surface area contributed by atoms with Crippen LogP contribution in [0.15, 0.2) is 36.7 Å². The van der Waals surface area contributed by atoms with Gasteiger partial charge >= 0.3 is 0 Å². The Bertz CT molecular complexity index is 1530. The molecule has 0 fully saturated rings. The lowest BCUT2D eigenvalue weighted by Crippen LogP contribution is -2.22. The number of H-pyrrole nitrogens is 2. The van der Waals surface area contributed by atoms with Crippen molar-refractivity contribution in [2.45, 2.75) is 40.2 Å². The van der Waals surface area contributed by atoms with Gasteiger partial charge in [-0.15, -0.1) is 11.3 Å². The van der Waals surface area contributed by atoms with Gasteiger partial charge in [-0.2, -0.15) is 5.10 Å². The lowest BCUT2D eigenvalue weighted by atomic mass is 10.0. The summed E-state index contributed by atoms with van der Waals surface area (Å²) in [4.78, 5) is 29.6. The fraction of sp³-hybridized carbons (Fsp3) is 0.240. The number of fused-ring (bicyclic) bond motifs is 1. The van der Waals surface area contributed by atoms with Gasteiger partial charge in [-0.3, -0.25) is 9.89 Å². The number of hydrogen-bond acceptors (Lipinski definition) is 6. The predicted molar refractivity (Wildman–Crippen MR) is 134 cm³/mol. The molecule has 0 bridgehead atoms. The number of aryl methyl sites for hydroxylation is 2. The van der Waals surface area contributed by atoms with Gasteiger partial charge in [-0.05, 0) is 31.5 Å². The van der Waals surface area contributed by atoms with E-state index in [4.69, 9.17) is 0 Å². The third-order valence-electron chi connectivity index (χ3n) is 5.80. The summed E-state index contributed by atoms with van der Waals surface area (Å²) in [5.74, 6) is 0.252. The number of amides is 1. The predicted octanol–water partition coefficient (Wildman–Crippen LogP) is 5.28. The second-order valence-electron chi connectivity index (χ2n) is 8.66. The molecular weight excluding hydrogens is 465 g/mol. The molecular formula is C25H24FN7OS. The molecule has 5 rings (SSSR count). The van der Waals surface area contributed by atoms with Crippen LogP contribution in [0, 0.1) is 19.7 Å². The molecule has 10 heteroatoms. The number of hydrogen-bond donors (Lipinski definition) is 3. The zero-order chi connectivity index (χ0) is 24.7. The molecule has 0 saturated carbocycles. The maximum atomic E-state index is 15.0. The van der Waals surface area contributed by atoms with E-state index in [0.717, 1.165) is 27.5 Å². The second kappa shape index (κ2) is 9.03. The lowest BCUT2D eigenvalue weighted by Gasteiger charge is -2.08. The molecule has 8 nitrogen and oxygen atoms in total. The van der Waals surface area contributed by atoms with Crippen LogP contribution in [0.1, 0.15) is 51.4 Å². The standard InChI is InChI=1S/C25H24FN7OS/c1-12(2)25-29-11-19(35-25)24(34)28-10-16-6-5-15(9-18(16)26)17-7-8-27-23-21(17)30-22(31-23)20-13(3)32-33-14(20)4/h5-9,11-12H,10H2,1-4H3,(H,28,34)(H,32,33)(H,27,30,31). The minimum atomic E-state index is -0.402. The average Bonchev–Trinajstić information content (AvgIpc) is 3.56. The van der Waals surface area contributed by atoms with Crippen LogP contribution in [0.4, 0.5) is 4.39 Å². The van der Waals surface area contributed by atoms with E-state index in [9.17, 15) is 4.79 Å². The Balaban J connectivity index is 1.39. The number of halogens is 1. The van der Waals surface area contributed by atoms with E-state index in [-0.39, 0.29) is 18.4 Å². The zero-order valence-electron chi connectivity index (χ0n) is 19.7. The molecule has 0 aliphatic rings. The van der Waals surface area contributed by atoms with E-state index in [1.54, 1.807) is 18.5 Å². The maximum absolute atomic E-state index is 15.0. The van der Waals surface area contributed by atoms with Crippen LogP contribution in [0.25, 0.3) is 33.7 Å². The number of nitrogens with one attached hydrogen (secondary N) is 3. The van der Waals surface area contributed by atoms with Gasteiger partial charge in [0, 0.05) is 35.5 Å². The summed E-state index contributed by atoms with van der Waals surface area (Å²) in [5, 5.41) is 10.9. The number of nitrogens with zero attached hydrogens (tertiary/aromatic N) is 4. The summed E-state index contributed by atoms with van der Waals surface area (Å²) in [7, 11) is 0. The average molecular weight is 490 g/mol. The third kappa shape index (κ3) is 4.32. The summed E-state index contributed by atoms with van der Waals surface area (Å²) < 4.78 is 15.0. The fourth-order valence-electron chi connectivity index (χ4n) is 3.95. The minimum absolute atomic E-state index is 0.0822. The second-order valence-corrected chi connectivity index (χ2v) is 9.72. The highest BCUT2D eigenvalue weighted by Gasteiger charge is 2.17. The summed E-state index contributed by atoms with van der Waals surface area (Å²) in [6, 6.07) is 6.81. The molecule has 0 atom stereocenters. The van der Waals surface area contributed by atoms with E-state index in [1.807, 2.05) is 39.8 Å². The first-order chi connectivity index (χ1) is 16.8. The molecule has 178 valence electrons. The Morgan fingerprint density at radius 2 is 2.03 bits per heavy atom. The van der Waals surface area contributed by atoms with Crippen LogP contribution in [0.5, 0.6) is 0 Å². The van der Waals surface area contributed by atoms with E-state index in [0.29, 0.717) is 33.0 Å². The SMILES string of the molecule is Cc1n[nH]c(C)c1-c1nc2nccc(-c3ccc(CNC(=O)c4cnc(C(C)C)s4)c(F)c3)c2[nH]1. The van der Waals surface area contributed by atoms with Crippen molar-refractivity contribution in [3.63, 3.8) is 0 Å². The van der Waals surface area contributed by atoms with Crippen molar-refractivity contribution < 1.29 is 9.18 Å². The maximum Gasteiger partial charge on any atom is 0.263 e. The smallest absolute Gasteiger partial charge is 0.263 e. The molecule has 5 aromatic rings. The normalized spacial score (nSPS) is 11.5.